The third kappa shape index (κ3) is 3.66. The predicted octanol–water partition coefficient (Wildman–Crippen LogP) is 3.62. The molecule has 0 atom stereocenters. The topological polar surface area (TPSA) is 17.1 Å². The highest BCUT2D eigenvalue weighted by molar-refractivity contribution is 6.66. The molecule has 0 fully saturated rings. The van der Waals surface area contributed by atoms with Gasteiger partial charge in [0.05, 0.1) is 5.56 Å². The highest BCUT2D eigenvalue weighted by Gasteiger charge is 2.31. The van der Waals surface area contributed by atoms with E-state index in [-0.39, 0.29) is 5.56 Å². The van der Waals surface area contributed by atoms with Gasteiger partial charge in [-0.15, -0.1) is 0 Å². The molecule has 16 heavy (non-hydrogen) atoms. The van der Waals surface area contributed by atoms with Gasteiger partial charge in [-0.2, -0.15) is 13.2 Å². The van der Waals surface area contributed by atoms with E-state index in [0.717, 1.165) is 24.3 Å². The van der Waals surface area contributed by atoms with Crippen LogP contribution in [0.4, 0.5) is 17.6 Å². The van der Waals surface area contributed by atoms with Gasteiger partial charge < -0.3 is 0 Å². The maximum absolute atomic E-state index is 12.8. The fourth-order valence-electron chi connectivity index (χ4n) is 1.03. The van der Waals surface area contributed by atoms with E-state index in [1.165, 1.54) is 0 Å². The van der Waals surface area contributed by atoms with E-state index in [1.807, 2.05) is 0 Å². The van der Waals surface area contributed by atoms with Crippen molar-refractivity contribution in [1.82, 2.24) is 0 Å². The van der Waals surface area contributed by atoms with Gasteiger partial charge in [0.15, 0.2) is 0 Å². The number of carbonyl (C=O) groups excluding carboxylic acids is 1. The lowest BCUT2D eigenvalue weighted by Crippen LogP contribution is -2.05. The normalized spacial score (nSPS) is 12.1. The summed E-state index contributed by atoms with van der Waals surface area (Å²) in [5.41, 5.74) is -1.20. The van der Waals surface area contributed by atoms with E-state index >= 15 is 0 Å². The van der Waals surface area contributed by atoms with Crippen molar-refractivity contribution in [3.8, 4) is 0 Å². The summed E-state index contributed by atoms with van der Waals surface area (Å²) in [6.45, 7) is 0. The molecule has 0 spiro atoms. The van der Waals surface area contributed by atoms with Gasteiger partial charge in [-0.05, 0) is 41.4 Å². The van der Waals surface area contributed by atoms with Crippen LogP contribution in [0.2, 0.25) is 0 Å². The Hall–Kier alpha value is -1.36. The summed E-state index contributed by atoms with van der Waals surface area (Å²) in [4.78, 5) is 10.3. The van der Waals surface area contributed by atoms with Crippen molar-refractivity contribution in [2.45, 2.75) is 6.18 Å². The zero-order valence-electron chi connectivity index (χ0n) is 7.68. The number of alkyl halides is 3. The second-order valence-corrected chi connectivity index (χ2v) is 3.28. The largest absolute Gasteiger partial charge is 0.416 e. The molecule has 0 aliphatic carbocycles. The van der Waals surface area contributed by atoms with Crippen LogP contribution in [0.3, 0.4) is 0 Å². The lowest BCUT2D eigenvalue weighted by atomic mass is 10.1. The molecule has 1 aromatic carbocycles. The van der Waals surface area contributed by atoms with Gasteiger partial charge in [0.25, 0.3) is 0 Å². The molecule has 0 radical (unpaired) electrons. The van der Waals surface area contributed by atoms with Crippen LogP contribution in [0, 0.1) is 5.82 Å². The van der Waals surface area contributed by atoms with Crippen molar-refractivity contribution < 1.29 is 22.4 Å². The van der Waals surface area contributed by atoms with Gasteiger partial charge in [-0.1, -0.05) is 6.08 Å². The highest BCUT2D eigenvalue weighted by atomic mass is 35.5. The number of hydrogen-bond acceptors (Lipinski definition) is 1. The second-order valence-electron chi connectivity index (χ2n) is 2.91. The Labute approximate surface area is 93.3 Å². The van der Waals surface area contributed by atoms with Crippen molar-refractivity contribution in [3.05, 3.63) is 41.2 Å². The minimum absolute atomic E-state index is 0.0821. The fourth-order valence-corrected chi connectivity index (χ4v) is 1.10. The van der Waals surface area contributed by atoms with E-state index in [9.17, 15) is 22.4 Å². The molecule has 0 saturated carbocycles. The van der Waals surface area contributed by atoms with Crippen molar-refractivity contribution in [2.75, 3.05) is 0 Å². The third-order valence-corrected chi connectivity index (χ3v) is 1.78. The molecule has 0 aliphatic rings. The Kier molecular flexibility index (Phi) is 3.70. The third-order valence-electron chi connectivity index (χ3n) is 1.65. The molecule has 0 unspecified atom stereocenters. The molecule has 1 aromatic rings. The average Bonchev–Trinajstić information content (AvgIpc) is 2.12. The molecule has 0 bridgehead atoms. The Morgan fingerprint density at radius 2 is 1.88 bits per heavy atom. The van der Waals surface area contributed by atoms with Crippen LogP contribution in [0.5, 0.6) is 0 Å². The van der Waals surface area contributed by atoms with Crippen LogP contribution in [0.25, 0.3) is 6.08 Å². The van der Waals surface area contributed by atoms with Gasteiger partial charge in [0.2, 0.25) is 5.24 Å². The summed E-state index contributed by atoms with van der Waals surface area (Å²) in [6.07, 6.45) is -2.78. The van der Waals surface area contributed by atoms with Crippen molar-refractivity contribution in [2.24, 2.45) is 0 Å². The van der Waals surface area contributed by atoms with Crippen LogP contribution in [0.1, 0.15) is 11.1 Å². The lowest BCUT2D eigenvalue weighted by molar-refractivity contribution is -0.137. The van der Waals surface area contributed by atoms with Gasteiger partial charge in [-0.25, -0.2) is 4.39 Å². The first-order chi connectivity index (χ1) is 7.29. The Balaban J connectivity index is 3.13. The van der Waals surface area contributed by atoms with E-state index in [0.29, 0.717) is 6.07 Å². The number of benzene rings is 1. The van der Waals surface area contributed by atoms with Gasteiger partial charge in [0, 0.05) is 0 Å². The van der Waals surface area contributed by atoms with E-state index in [2.05, 4.69) is 0 Å². The highest BCUT2D eigenvalue weighted by Crippen LogP contribution is 2.30. The molecule has 0 saturated heterocycles. The first-order valence-electron chi connectivity index (χ1n) is 4.04. The quantitative estimate of drug-likeness (QED) is 0.446. The molecule has 86 valence electrons. The number of hydrogen-bond donors (Lipinski definition) is 0. The molecule has 0 aliphatic heterocycles. The Morgan fingerprint density at radius 1 is 1.25 bits per heavy atom. The standard InChI is InChI=1S/C10H5ClF4O/c11-9(16)2-1-6-3-7(10(13,14)15)5-8(12)4-6/h1-5H/b2-1+. The summed E-state index contributed by atoms with van der Waals surface area (Å²) in [5.74, 6) is -1.03. The van der Waals surface area contributed by atoms with Crippen LogP contribution < -0.4 is 0 Å². The fraction of sp³-hybridized carbons (Fsp3) is 0.100. The smallest absolute Gasteiger partial charge is 0.276 e. The van der Waals surface area contributed by atoms with Gasteiger partial charge >= 0.3 is 6.18 Å². The molecule has 0 N–H and O–H groups in total. The first kappa shape index (κ1) is 12.7. The molecule has 0 amide bonds. The lowest BCUT2D eigenvalue weighted by Gasteiger charge is -2.07. The van der Waals surface area contributed by atoms with E-state index in [1.54, 1.807) is 0 Å². The Bertz CT molecular complexity index is 437. The minimum atomic E-state index is -4.63. The molecule has 1 nitrogen and oxygen atoms in total. The zero-order valence-corrected chi connectivity index (χ0v) is 8.44. The monoisotopic (exact) mass is 252 g/mol. The van der Waals surface area contributed by atoms with Crippen LogP contribution in [-0.2, 0) is 11.0 Å². The molecule has 0 aromatic heterocycles. The SMILES string of the molecule is O=C(Cl)/C=C/c1cc(F)cc(C(F)(F)F)c1. The maximum atomic E-state index is 12.8. The van der Waals surface area contributed by atoms with E-state index < -0.39 is 22.8 Å². The average molecular weight is 253 g/mol. The first-order valence-corrected chi connectivity index (χ1v) is 4.42. The molecule has 1 rings (SSSR count). The molecule has 6 heteroatoms. The summed E-state index contributed by atoms with van der Waals surface area (Å²) in [6, 6.07) is 1.96. The minimum Gasteiger partial charge on any atom is -0.276 e. The van der Waals surface area contributed by atoms with Crippen molar-refractivity contribution >= 4 is 22.9 Å². The number of rotatable bonds is 2. The summed E-state index contributed by atoms with van der Waals surface area (Å²) < 4.78 is 49.6. The molecular weight excluding hydrogens is 248 g/mol. The summed E-state index contributed by atoms with van der Waals surface area (Å²) >= 11 is 4.96. The van der Waals surface area contributed by atoms with Crippen LogP contribution >= 0.6 is 11.6 Å². The van der Waals surface area contributed by atoms with Gasteiger partial charge in [-0.3, -0.25) is 4.79 Å². The number of allylic oxidation sites excluding steroid dienone is 1. The number of carbonyl (C=O) groups is 1. The van der Waals surface area contributed by atoms with Crippen LogP contribution in [-0.4, -0.2) is 5.24 Å². The summed E-state index contributed by atoms with van der Waals surface area (Å²) in [5, 5.41) is -0.849. The number of halogens is 5. The Morgan fingerprint density at radius 3 is 2.38 bits per heavy atom. The van der Waals surface area contributed by atoms with Crippen molar-refractivity contribution in [3.63, 3.8) is 0 Å². The molecular formula is C10H5ClF4O. The predicted molar refractivity (Wildman–Crippen MR) is 51.3 cm³/mol. The van der Waals surface area contributed by atoms with E-state index in [4.69, 9.17) is 11.6 Å². The maximum Gasteiger partial charge on any atom is 0.416 e. The summed E-state index contributed by atoms with van der Waals surface area (Å²) in [7, 11) is 0. The van der Waals surface area contributed by atoms with Crippen LogP contribution in [0.15, 0.2) is 24.3 Å². The zero-order chi connectivity index (χ0) is 12.3. The second kappa shape index (κ2) is 4.65. The van der Waals surface area contributed by atoms with Gasteiger partial charge in [0.1, 0.15) is 5.82 Å². The van der Waals surface area contributed by atoms with Crippen molar-refractivity contribution in [1.29, 1.82) is 0 Å². The molecule has 0 heterocycles.